The van der Waals surface area contributed by atoms with E-state index < -0.39 is 12.7 Å². The molecule has 5 rings (SSSR count). The van der Waals surface area contributed by atoms with Crippen molar-refractivity contribution in [2.24, 2.45) is 4.99 Å². The molecule has 4 aromatic rings. The first-order valence-corrected chi connectivity index (χ1v) is 13.6. The number of ether oxygens (including phenoxy) is 2. The van der Waals surface area contributed by atoms with Crippen molar-refractivity contribution >= 4 is 40.6 Å². The van der Waals surface area contributed by atoms with Crippen LogP contribution in [0, 0.1) is 6.92 Å². The molecule has 0 radical (unpaired) electrons. The van der Waals surface area contributed by atoms with Gasteiger partial charge in [-0.25, -0.2) is 4.99 Å². The maximum atomic E-state index is 13.9. The lowest BCUT2D eigenvalue weighted by atomic mass is 9.95. The summed E-state index contributed by atoms with van der Waals surface area (Å²) in [5.74, 6) is -0.408. The van der Waals surface area contributed by atoms with Crippen molar-refractivity contribution < 1.29 is 23.0 Å². The highest BCUT2D eigenvalue weighted by Gasteiger charge is 2.32. The predicted molar refractivity (Wildman–Crippen MR) is 155 cm³/mol. The first-order chi connectivity index (χ1) is 19.7. The molecule has 0 saturated carbocycles. The number of fused-ring (bicyclic) bond motifs is 1. The summed E-state index contributed by atoms with van der Waals surface area (Å²) in [6.45, 7) is 0.620. The van der Waals surface area contributed by atoms with Crippen molar-refractivity contribution in [1.29, 1.82) is 0 Å². The van der Waals surface area contributed by atoms with Crippen LogP contribution in [0.4, 0.5) is 14.5 Å². The number of aryl methyl sites for hydroxylation is 1. The molecule has 0 saturated heterocycles. The Kier molecular flexibility index (Phi) is 8.05. The number of aromatic nitrogens is 1. The number of methoxy groups -OCH3 is 1. The minimum Gasteiger partial charge on any atom is -0.493 e. The summed E-state index contributed by atoms with van der Waals surface area (Å²) in [6.07, 6.45) is 1.61. The number of nitrogens with one attached hydrogen (secondary N) is 1. The molecule has 7 nitrogen and oxygen atoms in total. The summed E-state index contributed by atoms with van der Waals surface area (Å²) in [5.41, 5.74) is 3.18. The van der Waals surface area contributed by atoms with Crippen LogP contribution in [-0.2, 0) is 4.79 Å². The SMILES string of the molecule is COc1cc(/C=c2/sc3n(c2=O)[C@H](c2ccc(Cl)cc2)C(C(=O)Nc2ccccc2C)=C(C)N=3)ccc1OC(F)F. The van der Waals surface area contributed by atoms with Gasteiger partial charge in [0.2, 0.25) is 0 Å². The summed E-state index contributed by atoms with van der Waals surface area (Å²) in [7, 11) is 1.34. The van der Waals surface area contributed by atoms with Crippen LogP contribution in [0.15, 0.2) is 87.8 Å². The number of carbonyl (C=O) groups is 1. The number of rotatable bonds is 7. The topological polar surface area (TPSA) is 81.9 Å². The van der Waals surface area contributed by atoms with E-state index in [1.165, 1.54) is 23.8 Å². The summed E-state index contributed by atoms with van der Waals surface area (Å²) >= 11 is 7.31. The third-order valence-corrected chi connectivity index (χ3v) is 7.78. The second-order valence-electron chi connectivity index (χ2n) is 9.19. The van der Waals surface area contributed by atoms with Crippen LogP contribution in [0.3, 0.4) is 0 Å². The molecule has 210 valence electrons. The third kappa shape index (κ3) is 5.79. The van der Waals surface area contributed by atoms with Crippen LogP contribution in [0.1, 0.15) is 29.7 Å². The van der Waals surface area contributed by atoms with Crippen LogP contribution in [0.2, 0.25) is 5.02 Å². The molecule has 1 amide bonds. The monoisotopic (exact) mass is 595 g/mol. The summed E-state index contributed by atoms with van der Waals surface area (Å²) in [5, 5.41) is 3.48. The number of para-hydroxylation sites is 1. The van der Waals surface area contributed by atoms with E-state index in [1.807, 2.05) is 31.2 Å². The average Bonchev–Trinajstić information content (AvgIpc) is 3.24. The van der Waals surface area contributed by atoms with Gasteiger partial charge in [-0.2, -0.15) is 8.78 Å². The van der Waals surface area contributed by atoms with Crippen LogP contribution >= 0.6 is 22.9 Å². The molecule has 1 aliphatic heterocycles. The molecule has 41 heavy (non-hydrogen) atoms. The van der Waals surface area contributed by atoms with Crippen molar-refractivity contribution in [3.63, 3.8) is 0 Å². The van der Waals surface area contributed by atoms with Crippen molar-refractivity contribution in [3.8, 4) is 11.5 Å². The zero-order chi connectivity index (χ0) is 29.3. The van der Waals surface area contributed by atoms with E-state index in [9.17, 15) is 18.4 Å². The number of benzene rings is 3. The van der Waals surface area contributed by atoms with Crippen LogP contribution in [0.25, 0.3) is 6.08 Å². The minimum atomic E-state index is -3.01. The molecule has 2 heterocycles. The van der Waals surface area contributed by atoms with E-state index in [0.29, 0.717) is 42.4 Å². The Hall–Kier alpha value is -4.28. The fourth-order valence-electron chi connectivity index (χ4n) is 4.59. The van der Waals surface area contributed by atoms with Gasteiger partial charge in [0, 0.05) is 10.7 Å². The highest BCUT2D eigenvalue weighted by atomic mass is 35.5. The Labute approximate surface area is 242 Å². The van der Waals surface area contributed by atoms with Gasteiger partial charge < -0.3 is 14.8 Å². The number of allylic oxidation sites excluding steroid dienone is 1. The number of alkyl halides is 2. The number of hydrogen-bond donors (Lipinski definition) is 1. The summed E-state index contributed by atoms with van der Waals surface area (Å²) < 4.78 is 37.0. The normalized spacial score (nSPS) is 15.0. The molecule has 11 heteroatoms. The molecular formula is C30H24ClF2N3O4S. The summed E-state index contributed by atoms with van der Waals surface area (Å²) in [6, 6.07) is 18.0. The van der Waals surface area contributed by atoms with Crippen molar-refractivity contribution in [2.75, 3.05) is 12.4 Å². The minimum absolute atomic E-state index is 0.0943. The fourth-order valence-corrected chi connectivity index (χ4v) is 5.77. The van der Waals surface area contributed by atoms with Gasteiger partial charge in [-0.1, -0.05) is 59.3 Å². The second-order valence-corrected chi connectivity index (χ2v) is 10.6. The fraction of sp³-hybridized carbons (Fsp3) is 0.167. The lowest BCUT2D eigenvalue weighted by Gasteiger charge is -2.25. The van der Waals surface area contributed by atoms with Crippen LogP contribution < -0.4 is 29.7 Å². The van der Waals surface area contributed by atoms with E-state index >= 15 is 0 Å². The van der Waals surface area contributed by atoms with Gasteiger partial charge in [-0.15, -0.1) is 0 Å². The highest BCUT2D eigenvalue weighted by Crippen LogP contribution is 2.32. The number of thiazole rings is 1. The zero-order valence-electron chi connectivity index (χ0n) is 22.2. The number of nitrogens with zero attached hydrogens (tertiary/aromatic N) is 2. The molecule has 1 aliphatic rings. The maximum Gasteiger partial charge on any atom is 0.387 e. The molecular weight excluding hydrogens is 572 g/mol. The third-order valence-electron chi connectivity index (χ3n) is 6.55. The molecule has 0 unspecified atom stereocenters. The van der Waals surface area contributed by atoms with Gasteiger partial charge in [0.25, 0.3) is 11.5 Å². The molecule has 0 spiro atoms. The van der Waals surface area contributed by atoms with E-state index in [4.69, 9.17) is 16.3 Å². The van der Waals surface area contributed by atoms with Gasteiger partial charge in [-0.05, 0) is 66.9 Å². The second kappa shape index (κ2) is 11.7. The van der Waals surface area contributed by atoms with Gasteiger partial charge in [-0.3, -0.25) is 14.2 Å². The largest absolute Gasteiger partial charge is 0.493 e. The van der Waals surface area contributed by atoms with E-state index in [-0.39, 0.29) is 23.0 Å². The van der Waals surface area contributed by atoms with Crippen LogP contribution in [-0.4, -0.2) is 24.2 Å². The van der Waals surface area contributed by atoms with Crippen LogP contribution in [0.5, 0.6) is 11.5 Å². The summed E-state index contributed by atoms with van der Waals surface area (Å²) in [4.78, 5) is 32.6. The molecule has 0 bridgehead atoms. The predicted octanol–water partition coefficient (Wildman–Crippen LogP) is 5.45. The average molecular weight is 596 g/mol. The first kappa shape index (κ1) is 28.3. The smallest absolute Gasteiger partial charge is 0.387 e. The van der Waals surface area contributed by atoms with E-state index in [0.717, 1.165) is 16.9 Å². The molecule has 0 fully saturated rings. The van der Waals surface area contributed by atoms with E-state index in [1.54, 1.807) is 43.3 Å². The van der Waals surface area contributed by atoms with Gasteiger partial charge in [0.05, 0.1) is 29.0 Å². The quantitative estimate of drug-likeness (QED) is 0.308. The first-order valence-electron chi connectivity index (χ1n) is 12.4. The molecule has 1 aromatic heterocycles. The Morgan fingerprint density at radius 3 is 2.51 bits per heavy atom. The Bertz CT molecular complexity index is 1850. The van der Waals surface area contributed by atoms with Gasteiger partial charge in [0.15, 0.2) is 16.3 Å². The van der Waals surface area contributed by atoms with Gasteiger partial charge in [0.1, 0.15) is 0 Å². The number of hydrogen-bond acceptors (Lipinski definition) is 6. The molecule has 0 aliphatic carbocycles. The number of halogens is 3. The Morgan fingerprint density at radius 2 is 1.83 bits per heavy atom. The Morgan fingerprint density at radius 1 is 1.10 bits per heavy atom. The number of amides is 1. The Balaban J connectivity index is 1.63. The van der Waals surface area contributed by atoms with Crippen molar-refractivity contribution in [3.05, 3.63) is 119 Å². The molecule has 1 N–H and O–H groups in total. The van der Waals surface area contributed by atoms with E-state index in [2.05, 4.69) is 15.0 Å². The zero-order valence-corrected chi connectivity index (χ0v) is 23.7. The molecule has 3 aromatic carbocycles. The molecule has 1 atom stereocenters. The lowest BCUT2D eigenvalue weighted by molar-refractivity contribution is -0.113. The maximum absolute atomic E-state index is 13.9. The van der Waals surface area contributed by atoms with Gasteiger partial charge >= 0.3 is 6.61 Å². The lowest BCUT2D eigenvalue weighted by Crippen LogP contribution is -2.40. The number of carbonyl (C=O) groups excluding carboxylic acids is 1. The van der Waals surface area contributed by atoms with Crippen molar-refractivity contribution in [1.82, 2.24) is 4.57 Å². The standard InChI is InChI=1S/C30H24ClF2N3O4S/c1-16-6-4-5-7-21(16)35-27(37)25-17(2)34-30-36(26(25)19-9-11-20(31)12-10-19)28(38)24(41-30)15-18-8-13-22(40-29(32)33)23(14-18)39-3/h4-15,26,29H,1-3H3,(H,35,37)/b24-15+/t26-/m1/s1. The van der Waals surface area contributed by atoms with Crippen molar-refractivity contribution in [2.45, 2.75) is 26.5 Å². The highest BCUT2D eigenvalue weighted by molar-refractivity contribution is 7.07. The number of anilines is 1.